The molecule has 1 atom stereocenters. The molecule has 0 aliphatic heterocycles. The highest BCUT2D eigenvalue weighted by Crippen LogP contribution is 2.01. The van der Waals surface area contributed by atoms with Crippen LogP contribution in [0.2, 0.25) is 0 Å². The number of nitrogens with one attached hydrogen (secondary N) is 1. The molecule has 1 heterocycles. The molecule has 1 aromatic heterocycles. The van der Waals surface area contributed by atoms with Crippen LogP contribution in [0.25, 0.3) is 6.08 Å². The standard InChI is InChI=1S/C11H17NO2S/c1-15(13)10-4-8-12-7-2-5-11-6-3-9-14-11/h2-3,5-6,9,12H,4,7-8,10H2,1H3/b5-2+. The Morgan fingerprint density at radius 2 is 2.47 bits per heavy atom. The topological polar surface area (TPSA) is 42.2 Å². The molecule has 0 amide bonds. The second-order valence-corrected chi connectivity index (χ2v) is 4.81. The van der Waals surface area contributed by atoms with Gasteiger partial charge in [0.25, 0.3) is 0 Å². The molecule has 0 saturated heterocycles. The van der Waals surface area contributed by atoms with E-state index in [9.17, 15) is 4.21 Å². The summed E-state index contributed by atoms with van der Waals surface area (Å²) in [6.45, 7) is 1.72. The summed E-state index contributed by atoms with van der Waals surface area (Å²) in [5, 5.41) is 3.24. The van der Waals surface area contributed by atoms with E-state index in [1.54, 1.807) is 12.5 Å². The lowest BCUT2D eigenvalue weighted by atomic mass is 10.4. The van der Waals surface area contributed by atoms with Crippen LogP contribution in [0.15, 0.2) is 28.9 Å². The number of hydrogen-bond donors (Lipinski definition) is 1. The zero-order valence-corrected chi connectivity index (χ0v) is 9.76. The first kappa shape index (κ1) is 12.2. The van der Waals surface area contributed by atoms with E-state index in [2.05, 4.69) is 5.32 Å². The van der Waals surface area contributed by atoms with Crippen molar-refractivity contribution < 1.29 is 8.63 Å². The van der Waals surface area contributed by atoms with Crippen molar-refractivity contribution in [3.05, 3.63) is 30.2 Å². The Balaban J connectivity index is 2.00. The summed E-state index contributed by atoms with van der Waals surface area (Å²) in [4.78, 5) is 0. The fraction of sp³-hybridized carbons (Fsp3) is 0.455. The Morgan fingerprint density at radius 3 is 3.13 bits per heavy atom. The molecule has 1 unspecified atom stereocenters. The highest BCUT2D eigenvalue weighted by Gasteiger charge is 1.90. The monoisotopic (exact) mass is 227 g/mol. The SMILES string of the molecule is CS(=O)CCCNC/C=C/c1ccco1. The molecule has 4 heteroatoms. The van der Waals surface area contributed by atoms with Gasteiger partial charge in [-0.25, -0.2) is 0 Å². The molecule has 84 valence electrons. The molecule has 0 aromatic carbocycles. The van der Waals surface area contributed by atoms with Gasteiger partial charge in [0.15, 0.2) is 0 Å². The van der Waals surface area contributed by atoms with Gasteiger partial charge in [-0.1, -0.05) is 6.08 Å². The van der Waals surface area contributed by atoms with Gasteiger partial charge < -0.3 is 9.73 Å². The average Bonchev–Trinajstić information content (AvgIpc) is 2.68. The van der Waals surface area contributed by atoms with Gasteiger partial charge in [-0.2, -0.15) is 0 Å². The fourth-order valence-electron chi connectivity index (χ4n) is 1.15. The van der Waals surface area contributed by atoms with Crippen molar-refractivity contribution in [2.45, 2.75) is 6.42 Å². The number of furan rings is 1. The molecule has 0 radical (unpaired) electrons. The van der Waals surface area contributed by atoms with Crippen molar-refractivity contribution in [3.63, 3.8) is 0 Å². The van der Waals surface area contributed by atoms with E-state index in [0.717, 1.165) is 31.0 Å². The summed E-state index contributed by atoms with van der Waals surface area (Å²) in [7, 11) is -0.670. The van der Waals surface area contributed by atoms with Gasteiger partial charge in [0.05, 0.1) is 6.26 Å². The molecule has 3 nitrogen and oxygen atoms in total. The first-order chi connectivity index (χ1) is 7.29. The van der Waals surface area contributed by atoms with Gasteiger partial charge in [-0.05, 0) is 31.2 Å². The van der Waals surface area contributed by atoms with E-state index in [4.69, 9.17) is 4.42 Å². The minimum atomic E-state index is -0.670. The van der Waals surface area contributed by atoms with Crippen molar-refractivity contribution in [3.8, 4) is 0 Å². The molecule has 1 aromatic rings. The van der Waals surface area contributed by atoms with E-state index in [1.807, 2.05) is 24.3 Å². The van der Waals surface area contributed by atoms with E-state index >= 15 is 0 Å². The summed E-state index contributed by atoms with van der Waals surface area (Å²) in [6.07, 6.45) is 8.30. The largest absolute Gasteiger partial charge is 0.465 e. The maximum Gasteiger partial charge on any atom is 0.126 e. The molecule has 1 rings (SSSR count). The third-order valence-electron chi connectivity index (χ3n) is 1.87. The normalized spacial score (nSPS) is 13.4. The summed E-state index contributed by atoms with van der Waals surface area (Å²) in [6, 6.07) is 3.78. The highest BCUT2D eigenvalue weighted by atomic mass is 32.2. The van der Waals surface area contributed by atoms with Crippen molar-refractivity contribution in [1.29, 1.82) is 0 Å². The second-order valence-electron chi connectivity index (χ2n) is 3.25. The Labute approximate surface area is 93.0 Å². The summed E-state index contributed by atoms with van der Waals surface area (Å²) < 4.78 is 15.9. The molecular formula is C11H17NO2S. The third kappa shape index (κ3) is 6.25. The molecule has 1 N–H and O–H groups in total. The maximum absolute atomic E-state index is 10.7. The van der Waals surface area contributed by atoms with Gasteiger partial charge in [0.2, 0.25) is 0 Å². The maximum atomic E-state index is 10.7. The van der Waals surface area contributed by atoms with Crippen molar-refractivity contribution in [1.82, 2.24) is 5.32 Å². The Kier molecular flexibility index (Phi) is 6.04. The van der Waals surface area contributed by atoms with Crippen LogP contribution in [-0.2, 0) is 10.8 Å². The van der Waals surface area contributed by atoms with Crippen LogP contribution in [0, 0.1) is 0 Å². The van der Waals surface area contributed by atoms with Crippen LogP contribution in [0.1, 0.15) is 12.2 Å². The molecule has 0 saturated carbocycles. The Hall–Kier alpha value is -0.870. The zero-order valence-electron chi connectivity index (χ0n) is 8.94. The van der Waals surface area contributed by atoms with Crippen molar-refractivity contribution in [2.24, 2.45) is 0 Å². The van der Waals surface area contributed by atoms with Crippen LogP contribution < -0.4 is 5.32 Å². The minimum Gasteiger partial charge on any atom is -0.465 e. The van der Waals surface area contributed by atoms with Crippen LogP contribution in [0.4, 0.5) is 0 Å². The third-order valence-corrected chi connectivity index (χ3v) is 2.74. The Morgan fingerprint density at radius 1 is 1.60 bits per heavy atom. The van der Waals surface area contributed by atoms with Crippen molar-refractivity contribution >= 4 is 16.9 Å². The molecule has 0 fully saturated rings. The van der Waals surface area contributed by atoms with E-state index < -0.39 is 10.8 Å². The van der Waals surface area contributed by atoms with Crippen molar-refractivity contribution in [2.75, 3.05) is 25.1 Å². The summed E-state index contributed by atoms with van der Waals surface area (Å²) in [5.41, 5.74) is 0. The van der Waals surface area contributed by atoms with Crippen LogP contribution in [0.5, 0.6) is 0 Å². The highest BCUT2D eigenvalue weighted by molar-refractivity contribution is 7.84. The van der Waals surface area contributed by atoms with Crippen LogP contribution in [0.3, 0.4) is 0 Å². The van der Waals surface area contributed by atoms with Gasteiger partial charge in [-0.15, -0.1) is 0 Å². The number of hydrogen-bond acceptors (Lipinski definition) is 3. The first-order valence-corrected chi connectivity index (χ1v) is 6.72. The van der Waals surface area contributed by atoms with Crippen LogP contribution >= 0.6 is 0 Å². The van der Waals surface area contributed by atoms with Gasteiger partial charge in [0, 0.05) is 29.4 Å². The van der Waals surface area contributed by atoms with Gasteiger partial charge in [-0.3, -0.25) is 4.21 Å². The smallest absolute Gasteiger partial charge is 0.126 e. The summed E-state index contributed by atoms with van der Waals surface area (Å²) >= 11 is 0. The van der Waals surface area contributed by atoms with Crippen LogP contribution in [-0.4, -0.2) is 29.3 Å². The summed E-state index contributed by atoms with van der Waals surface area (Å²) in [5.74, 6) is 1.64. The second kappa shape index (κ2) is 7.43. The van der Waals surface area contributed by atoms with E-state index in [1.165, 1.54) is 0 Å². The molecule has 0 bridgehead atoms. The Bertz CT molecular complexity index is 306. The lowest BCUT2D eigenvalue weighted by Crippen LogP contribution is -2.16. The molecule has 0 spiro atoms. The van der Waals surface area contributed by atoms with Gasteiger partial charge in [0.1, 0.15) is 5.76 Å². The zero-order chi connectivity index (χ0) is 10.9. The minimum absolute atomic E-state index is 0.670. The van der Waals surface area contributed by atoms with E-state index in [0.29, 0.717) is 0 Å². The fourth-order valence-corrected chi connectivity index (χ4v) is 1.70. The molecular weight excluding hydrogens is 210 g/mol. The predicted octanol–water partition coefficient (Wildman–Crippen LogP) is 1.65. The average molecular weight is 227 g/mol. The molecule has 0 aliphatic carbocycles. The first-order valence-electron chi connectivity index (χ1n) is 5.00. The predicted molar refractivity (Wildman–Crippen MR) is 64.2 cm³/mol. The lowest BCUT2D eigenvalue weighted by molar-refractivity contribution is 0.556. The molecule has 15 heavy (non-hydrogen) atoms. The van der Waals surface area contributed by atoms with E-state index in [-0.39, 0.29) is 0 Å². The quantitative estimate of drug-likeness (QED) is 0.720. The number of rotatable bonds is 7. The lowest BCUT2D eigenvalue weighted by Gasteiger charge is -1.99. The molecule has 0 aliphatic rings. The van der Waals surface area contributed by atoms with Gasteiger partial charge >= 0.3 is 0 Å².